The summed E-state index contributed by atoms with van der Waals surface area (Å²) in [6.07, 6.45) is 4.99. The molecule has 3 rings (SSSR count). The standard InChI is InChI=1S/C16H16N2OS3/c1-3-10-18-11-6-4-5-7-12(11)21-14(18)9-8-13-15(19)17(2)16(20)22-13/h4-9H,3,10H2,1-2H3/b13-8-,14-9+. The summed E-state index contributed by atoms with van der Waals surface area (Å²) in [4.78, 5) is 17.8. The Bertz CT molecular complexity index is 696. The Labute approximate surface area is 144 Å². The molecule has 0 aliphatic carbocycles. The van der Waals surface area contributed by atoms with Gasteiger partial charge >= 0.3 is 0 Å². The van der Waals surface area contributed by atoms with Crippen LogP contribution in [0, 0.1) is 0 Å². The third kappa shape index (κ3) is 2.83. The molecule has 0 unspecified atom stereocenters. The number of carbonyl (C=O) groups excluding carboxylic acids is 1. The van der Waals surface area contributed by atoms with Crippen molar-refractivity contribution in [3.63, 3.8) is 0 Å². The summed E-state index contributed by atoms with van der Waals surface area (Å²) in [7, 11) is 1.72. The molecule has 0 saturated carbocycles. The Kier molecular flexibility index (Phi) is 4.61. The number of likely N-dealkylation sites (N-methyl/N-ethyl adjacent to an activating group) is 1. The molecular weight excluding hydrogens is 332 g/mol. The molecule has 0 spiro atoms. The molecule has 1 aromatic rings. The van der Waals surface area contributed by atoms with Crippen molar-refractivity contribution in [2.75, 3.05) is 18.5 Å². The summed E-state index contributed by atoms with van der Waals surface area (Å²) in [6.45, 7) is 3.14. The molecule has 114 valence electrons. The molecule has 2 aliphatic rings. The van der Waals surface area contributed by atoms with Gasteiger partial charge in [-0.1, -0.05) is 54.8 Å². The predicted molar refractivity (Wildman–Crippen MR) is 99.1 cm³/mol. The normalized spacial score (nSPS) is 21.4. The molecule has 0 atom stereocenters. The van der Waals surface area contributed by atoms with Crippen molar-refractivity contribution >= 4 is 51.7 Å². The number of amides is 1. The highest BCUT2D eigenvalue weighted by Gasteiger charge is 2.29. The summed E-state index contributed by atoms with van der Waals surface area (Å²) in [5, 5.41) is 1.16. The van der Waals surface area contributed by atoms with E-state index >= 15 is 0 Å². The van der Waals surface area contributed by atoms with E-state index in [0.717, 1.165) is 18.0 Å². The van der Waals surface area contributed by atoms with Gasteiger partial charge < -0.3 is 4.90 Å². The highest BCUT2D eigenvalue weighted by Crippen LogP contribution is 2.46. The van der Waals surface area contributed by atoms with Crippen LogP contribution in [0.3, 0.4) is 0 Å². The van der Waals surface area contributed by atoms with Crippen molar-refractivity contribution in [2.45, 2.75) is 18.2 Å². The number of anilines is 1. The molecular formula is C16H16N2OS3. The lowest BCUT2D eigenvalue weighted by atomic mass is 10.3. The van der Waals surface area contributed by atoms with Gasteiger partial charge in [-0.05, 0) is 30.7 Å². The van der Waals surface area contributed by atoms with Crippen molar-refractivity contribution in [1.82, 2.24) is 4.90 Å². The van der Waals surface area contributed by atoms with Crippen LogP contribution in [0.2, 0.25) is 0 Å². The van der Waals surface area contributed by atoms with E-state index in [-0.39, 0.29) is 5.91 Å². The number of para-hydroxylation sites is 1. The molecule has 3 nitrogen and oxygen atoms in total. The van der Waals surface area contributed by atoms with E-state index in [1.54, 1.807) is 18.8 Å². The third-order valence-electron chi connectivity index (χ3n) is 3.45. The molecule has 2 heterocycles. The van der Waals surface area contributed by atoms with Crippen LogP contribution >= 0.6 is 35.7 Å². The Balaban J connectivity index is 1.89. The van der Waals surface area contributed by atoms with E-state index in [1.165, 1.54) is 27.2 Å². The molecule has 1 amide bonds. The summed E-state index contributed by atoms with van der Waals surface area (Å²) in [5.41, 5.74) is 1.25. The Morgan fingerprint density at radius 3 is 2.68 bits per heavy atom. The van der Waals surface area contributed by atoms with Crippen molar-refractivity contribution in [1.29, 1.82) is 0 Å². The molecule has 1 fully saturated rings. The van der Waals surface area contributed by atoms with Gasteiger partial charge in [0.2, 0.25) is 0 Å². The molecule has 0 bridgehead atoms. The molecule has 1 aromatic carbocycles. The molecule has 0 N–H and O–H groups in total. The minimum absolute atomic E-state index is 0.0191. The average Bonchev–Trinajstić information content (AvgIpc) is 2.99. The highest BCUT2D eigenvalue weighted by molar-refractivity contribution is 8.26. The Morgan fingerprint density at radius 1 is 1.23 bits per heavy atom. The molecule has 1 saturated heterocycles. The number of rotatable bonds is 3. The number of hydrogen-bond acceptors (Lipinski definition) is 5. The quantitative estimate of drug-likeness (QED) is 0.601. The van der Waals surface area contributed by atoms with Crippen LogP contribution in [0.1, 0.15) is 13.3 Å². The van der Waals surface area contributed by atoms with Gasteiger partial charge in [-0.25, -0.2) is 0 Å². The van der Waals surface area contributed by atoms with Crippen molar-refractivity contribution in [3.8, 4) is 0 Å². The topological polar surface area (TPSA) is 23.6 Å². The highest BCUT2D eigenvalue weighted by atomic mass is 32.2. The van der Waals surface area contributed by atoms with E-state index in [0.29, 0.717) is 9.23 Å². The van der Waals surface area contributed by atoms with Crippen molar-refractivity contribution < 1.29 is 4.79 Å². The van der Waals surface area contributed by atoms with Crippen LogP contribution < -0.4 is 4.90 Å². The Morgan fingerprint density at radius 2 is 2.00 bits per heavy atom. The average molecular weight is 349 g/mol. The Hall–Kier alpha value is -1.24. The fourth-order valence-electron chi connectivity index (χ4n) is 2.34. The lowest BCUT2D eigenvalue weighted by Gasteiger charge is -2.19. The van der Waals surface area contributed by atoms with E-state index in [4.69, 9.17) is 12.2 Å². The van der Waals surface area contributed by atoms with E-state index in [1.807, 2.05) is 12.2 Å². The number of allylic oxidation sites excluding steroid dienone is 2. The van der Waals surface area contributed by atoms with Gasteiger partial charge in [-0.3, -0.25) is 9.69 Å². The maximum absolute atomic E-state index is 12.0. The minimum atomic E-state index is -0.0191. The van der Waals surface area contributed by atoms with Crippen LogP contribution in [-0.2, 0) is 4.79 Å². The smallest absolute Gasteiger partial charge is 0.265 e. The maximum Gasteiger partial charge on any atom is 0.265 e. The summed E-state index contributed by atoms with van der Waals surface area (Å²) >= 11 is 8.26. The second-order valence-electron chi connectivity index (χ2n) is 4.99. The monoisotopic (exact) mass is 348 g/mol. The lowest BCUT2D eigenvalue weighted by molar-refractivity contribution is -0.121. The maximum atomic E-state index is 12.0. The van der Waals surface area contributed by atoms with Gasteiger partial charge in [0.05, 0.1) is 15.6 Å². The zero-order valence-corrected chi connectivity index (χ0v) is 14.9. The van der Waals surface area contributed by atoms with Crippen LogP contribution in [0.4, 0.5) is 5.69 Å². The molecule has 2 aliphatic heterocycles. The van der Waals surface area contributed by atoms with Crippen LogP contribution in [0.5, 0.6) is 0 Å². The van der Waals surface area contributed by atoms with E-state index in [2.05, 4.69) is 36.1 Å². The summed E-state index contributed by atoms with van der Waals surface area (Å²) in [5.74, 6) is -0.0191. The van der Waals surface area contributed by atoms with Crippen LogP contribution in [0.15, 0.2) is 51.2 Å². The van der Waals surface area contributed by atoms with Gasteiger partial charge in [0.15, 0.2) is 0 Å². The second kappa shape index (κ2) is 6.48. The van der Waals surface area contributed by atoms with E-state index in [9.17, 15) is 4.79 Å². The number of nitrogens with zero attached hydrogens (tertiary/aromatic N) is 2. The zero-order chi connectivity index (χ0) is 15.7. The number of hydrogen-bond donors (Lipinski definition) is 0. The van der Waals surface area contributed by atoms with Gasteiger partial charge in [0.25, 0.3) is 5.91 Å². The van der Waals surface area contributed by atoms with Gasteiger partial charge in [-0.2, -0.15) is 0 Å². The number of carbonyl (C=O) groups is 1. The molecule has 6 heteroatoms. The van der Waals surface area contributed by atoms with E-state index < -0.39 is 0 Å². The molecule has 22 heavy (non-hydrogen) atoms. The van der Waals surface area contributed by atoms with Crippen molar-refractivity contribution in [3.05, 3.63) is 46.4 Å². The first-order valence-electron chi connectivity index (χ1n) is 7.08. The number of benzene rings is 1. The molecule has 0 radical (unpaired) electrons. The summed E-state index contributed by atoms with van der Waals surface area (Å²) < 4.78 is 0.613. The fourth-order valence-corrected chi connectivity index (χ4v) is 4.55. The largest absolute Gasteiger partial charge is 0.335 e. The first-order chi connectivity index (χ1) is 10.6. The second-order valence-corrected chi connectivity index (χ2v) is 7.73. The van der Waals surface area contributed by atoms with Gasteiger partial charge in [-0.15, -0.1) is 0 Å². The number of thioether (sulfide) groups is 2. The first kappa shape index (κ1) is 15.6. The molecule has 0 aromatic heterocycles. The third-order valence-corrected chi connectivity index (χ3v) is 6.08. The van der Waals surface area contributed by atoms with Crippen molar-refractivity contribution in [2.24, 2.45) is 0 Å². The zero-order valence-electron chi connectivity index (χ0n) is 12.4. The fraction of sp³-hybridized carbons (Fsp3) is 0.250. The first-order valence-corrected chi connectivity index (χ1v) is 9.12. The lowest BCUT2D eigenvalue weighted by Crippen LogP contribution is -2.22. The van der Waals surface area contributed by atoms with Crippen LogP contribution in [-0.4, -0.2) is 28.7 Å². The number of thiocarbonyl (C=S) groups is 1. The SMILES string of the molecule is CCCN1/C(=C\C=C2/SC(=S)N(C)C2=O)Sc2ccccc21. The number of fused-ring (bicyclic) bond motifs is 1. The minimum Gasteiger partial charge on any atom is -0.335 e. The van der Waals surface area contributed by atoms with Gasteiger partial charge in [0, 0.05) is 18.5 Å². The summed E-state index contributed by atoms with van der Waals surface area (Å²) in [6, 6.07) is 8.40. The van der Waals surface area contributed by atoms with Gasteiger partial charge in [0.1, 0.15) is 4.32 Å². The van der Waals surface area contributed by atoms with Crippen LogP contribution in [0.25, 0.3) is 0 Å². The predicted octanol–water partition coefficient (Wildman–Crippen LogP) is 4.22.